The second kappa shape index (κ2) is 9.84. The summed E-state index contributed by atoms with van der Waals surface area (Å²) in [5.74, 6) is 0.572. The molecular weight excluding hydrogens is 481 g/mol. The van der Waals surface area contributed by atoms with E-state index in [1.807, 2.05) is 23.8 Å². The predicted molar refractivity (Wildman–Crippen MR) is 124 cm³/mol. The average Bonchev–Trinajstić information content (AvgIpc) is 3.34. The Bertz CT molecular complexity index is 1110. The molecule has 0 fully saturated rings. The Hall–Kier alpha value is -2.04. The van der Waals surface area contributed by atoms with Crippen LogP contribution in [0, 0.1) is 0 Å². The third-order valence-corrected chi connectivity index (χ3v) is 7.03. The van der Waals surface area contributed by atoms with Gasteiger partial charge in [-0.3, -0.25) is 9.36 Å². The van der Waals surface area contributed by atoms with Gasteiger partial charge in [-0.2, -0.15) is 13.2 Å². The van der Waals surface area contributed by atoms with Crippen LogP contribution in [0.25, 0.3) is 11.4 Å². The SMILES string of the molecule is CC(C)c1cc(-c2nnc(SCC(=O)Nc3cc(C(F)(F)F)ccc3Cl)n2C(C)C)cs1. The number of aromatic nitrogens is 3. The van der Waals surface area contributed by atoms with Gasteiger partial charge in [0.25, 0.3) is 0 Å². The normalized spacial score (nSPS) is 12.1. The van der Waals surface area contributed by atoms with Crippen LogP contribution in [0.15, 0.2) is 34.8 Å². The molecule has 0 aliphatic heterocycles. The number of hydrogen-bond acceptors (Lipinski definition) is 5. The van der Waals surface area contributed by atoms with E-state index in [1.165, 1.54) is 4.88 Å². The summed E-state index contributed by atoms with van der Waals surface area (Å²) in [7, 11) is 0. The van der Waals surface area contributed by atoms with E-state index >= 15 is 0 Å². The maximum atomic E-state index is 12.9. The van der Waals surface area contributed by atoms with Crippen LogP contribution in [0.5, 0.6) is 0 Å². The van der Waals surface area contributed by atoms with Gasteiger partial charge < -0.3 is 5.32 Å². The minimum atomic E-state index is -4.53. The molecule has 11 heteroatoms. The van der Waals surface area contributed by atoms with Gasteiger partial charge in [0.2, 0.25) is 5.91 Å². The Labute approximate surface area is 197 Å². The second-order valence-electron chi connectivity index (χ2n) is 7.69. The van der Waals surface area contributed by atoms with Gasteiger partial charge in [0.05, 0.1) is 22.0 Å². The van der Waals surface area contributed by atoms with Crippen LogP contribution < -0.4 is 5.32 Å². The Kier molecular flexibility index (Phi) is 7.57. The van der Waals surface area contributed by atoms with Gasteiger partial charge in [-0.05, 0) is 44.0 Å². The van der Waals surface area contributed by atoms with Gasteiger partial charge in [-0.15, -0.1) is 21.5 Å². The van der Waals surface area contributed by atoms with E-state index in [4.69, 9.17) is 11.6 Å². The molecule has 172 valence electrons. The molecule has 5 nitrogen and oxygen atoms in total. The van der Waals surface area contributed by atoms with Crippen molar-refractivity contribution in [3.05, 3.63) is 45.1 Å². The summed E-state index contributed by atoms with van der Waals surface area (Å²) >= 11 is 8.78. The number of carbonyl (C=O) groups excluding carboxylic acids is 1. The summed E-state index contributed by atoms with van der Waals surface area (Å²) in [5.41, 5.74) is -0.00452. The molecule has 32 heavy (non-hydrogen) atoms. The van der Waals surface area contributed by atoms with Crippen molar-refractivity contribution in [1.29, 1.82) is 0 Å². The summed E-state index contributed by atoms with van der Waals surface area (Å²) in [6.45, 7) is 8.24. The zero-order valence-electron chi connectivity index (χ0n) is 17.8. The Balaban J connectivity index is 1.74. The molecule has 0 aliphatic carbocycles. The highest BCUT2D eigenvalue weighted by Crippen LogP contribution is 2.35. The fraction of sp³-hybridized carbons (Fsp3) is 0.381. The van der Waals surface area contributed by atoms with Crippen LogP contribution in [0.2, 0.25) is 5.02 Å². The molecule has 1 N–H and O–H groups in total. The van der Waals surface area contributed by atoms with Crippen LogP contribution >= 0.6 is 34.7 Å². The molecule has 3 aromatic rings. The zero-order valence-corrected chi connectivity index (χ0v) is 20.2. The van der Waals surface area contributed by atoms with Gasteiger partial charge >= 0.3 is 6.18 Å². The van der Waals surface area contributed by atoms with E-state index in [0.717, 1.165) is 35.5 Å². The lowest BCUT2D eigenvalue weighted by Gasteiger charge is -2.14. The number of thioether (sulfide) groups is 1. The molecular formula is C21H22ClF3N4OS2. The molecule has 2 heterocycles. The first-order valence-corrected chi connectivity index (χ1v) is 12.0. The number of rotatable bonds is 7. The summed E-state index contributed by atoms with van der Waals surface area (Å²) in [5, 5.41) is 13.6. The largest absolute Gasteiger partial charge is 0.416 e. The fourth-order valence-electron chi connectivity index (χ4n) is 2.92. The molecule has 0 saturated carbocycles. The quantitative estimate of drug-likeness (QED) is 0.349. The molecule has 3 rings (SSSR count). The van der Waals surface area contributed by atoms with Crippen molar-refractivity contribution in [2.45, 2.75) is 51.0 Å². The van der Waals surface area contributed by atoms with E-state index in [1.54, 1.807) is 11.3 Å². The number of alkyl halides is 3. The number of carbonyl (C=O) groups is 1. The smallest absolute Gasteiger partial charge is 0.324 e. The fourth-order valence-corrected chi connectivity index (χ4v) is 4.86. The summed E-state index contributed by atoms with van der Waals surface area (Å²) in [4.78, 5) is 13.6. The molecule has 0 radical (unpaired) electrons. The van der Waals surface area contributed by atoms with Crippen molar-refractivity contribution in [2.75, 3.05) is 11.1 Å². The number of thiophene rings is 1. The number of halogens is 4. The molecule has 0 saturated heterocycles. The minimum Gasteiger partial charge on any atom is -0.324 e. The van der Waals surface area contributed by atoms with E-state index < -0.39 is 17.6 Å². The van der Waals surface area contributed by atoms with Gasteiger partial charge in [-0.1, -0.05) is 37.2 Å². The second-order valence-corrected chi connectivity index (χ2v) is 9.98. The van der Waals surface area contributed by atoms with E-state index in [2.05, 4.69) is 35.4 Å². The number of hydrogen-bond donors (Lipinski definition) is 1. The van der Waals surface area contributed by atoms with Crippen molar-refractivity contribution >= 4 is 46.3 Å². The maximum absolute atomic E-state index is 12.9. The topological polar surface area (TPSA) is 59.8 Å². The molecule has 0 spiro atoms. The van der Waals surface area contributed by atoms with Crippen LogP contribution in [-0.4, -0.2) is 26.4 Å². The lowest BCUT2D eigenvalue weighted by molar-refractivity contribution is -0.137. The lowest BCUT2D eigenvalue weighted by atomic mass is 10.1. The van der Waals surface area contributed by atoms with Crippen LogP contribution in [0.1, 0.15) is 50.1 Å². The van der Waals surface area contributed by atoms with Gasteiger partial charge in [0.15, 0.2) is 11.0 Å². The number of amides is 1. The Morgan fingerprint density at radius 3 is 2.53 bits per heavy atom. The van der Waals surface area contributed by atoms with E-state index in [9.17, 15) is 18.0 Å². The number of benzene rings is 1. The van der Waals surface area contributed by atoms with Crippen molar-refractivity contribution in [1.82, 2.24) is 14.8 Å². The predicted octanol–water partition coefficient (Wildman–Crippen LogP) is 7.11. The minimum absolute atomic E-state index is 0.0300. The average molecular weight is 503 g/mol. The zero-order chi connectivity index (χ0) is 23.6. The van der Waals surface area contributed by atoms with E-state index in [0.29, 0.717) is 16.9 Å². The van der Waals surface area contributed by atoms with E-state index in [-0.39, 0.29) is 22.5 Å². The highest BCUT2D eigenvalue weighted by molar-refractivity contribution is 7.99. The van der Waals surface area contributed by atoms with Crippen molar-refractivity contribution in [3.63, 3.8) is 0 Å². The number of nitrogens with zero attached hydrogens (tertiary/aromatic N) is 3. The summed E-state index contributed by atoms with van der Waals surface area (Å²) < 4.78 is 40.8. The lowest BCUT2D eigenvalue weighted by Crippen LogP contribution is -2.16. The van der Waals surface area contributed by atoms with Crippen LogP contribution in [-0.2, 0) is 11.0 Å². The highest BCUT2D eigenvalue weighted by atomic mass is 35.5. The van der Waals surface area contributed by atoms with Crippen LogP contribution in [0.3, 0.4) is 0 Å². The van der Waals surface area contributed by atoms with Gasteiger partial charge in [0, 0.05) is 21.9 Å². The summed E-state index contributed by atoms with van der Waals surface area (Å²) in [6, 6.07) is 4.94. The molecule has 0 bridgehead atoms. The van der Waals surface area contributed by atoms with Crippen molar-refractivity contribution in [2.24, 2.45) is 0 Å². The standard InChI is InChI=1S/C21H22ClF3N4OS2/c1-11(2)17-7-13(9-31-17)19-27-28-20(29(19)12(3)4)32-10-18(30)26-16-8-14(21(23,24)25)5-6-15(16)22/h5-9,11-12H,10H2,1-4H3,(H,26,30). The monoisotopic (exact) mass is 502 g/mol. The highest BCUT2D eigenvalue weighted by Gasteiger charge is 2.31. The van der Waals surface area contributed by atoms with Crippen molar-refractivity contribution < 1.29 is 18.0 Å². The first-order chi connectivity index (χ1) is 15.0. The molecule has 1 amide bonds. The number of anilines is 1. The third kappa shape index (κ3) is 5.65. The molecule has 0 aliphatic rings. The van der Waals surface area contributed by atoms with Crippen LogP contribution in [0.4, 0.5) is 18.9 Å². The number of nitrogens with one attached hydrogen (secondary N) is 1. The summed E-state index contributed by atoms with van der Waals surface area (Å²) in [6.07, 6.45) is -4.53. The molecule has 2 aromatic heterocycles. The maximum Gasteiger partial charge on any atom is 0.416 e. The Morgan fingerprint density at radius 1 is 1.22 bits per heavy atom. The molecule has 0 unspecified atom stereocenters. The Morgan fingerprint density at radius 2 is 1.94 bits per heavy atom. The molecule has 1 aromatic carbocycles. The first kappa shape index (κ1) is 24.6. The molecule has 0 atom stereocenters. The third-order valence-electron chi connectivity index (χ3n) is 4.53. The van der Waals surface area contributed by atoms with Gasteiger partial charge in [0.1, 0.15) is 0 Å². The van der Waals surface area contributed by atoms with Gasteiger partial charge in [-0.25, -0.2) is 0 Å². The first-order valence-electron chi connectivity index (χ1n) is 9.80. The van der Waals surface area contributed by atoms with Crippen molar-refractivity contribution in [3.8, 4) is 11.4 Å².